The molecule has 3 aliphatic heterocycles. The summed E-state index contributed by atoms with van der Waals surface area (Å²) >= 11 is 0. The summed E-state index contributed by atoms with van der Waals surface area (Å²) in [6.07, 6.45) is -1.71. The quantitative estimate of drug-likeness (QED) is 0.502. The Balaban J connectivity index is 1.89. The van der Waals surface area contributed by atoms with Gasteiger partial charge in [-0.25, -0.2) is 0 Å². The van der Waals surface area contributed by atoms with Crippen LogP contribution in [0.2, 0.25) is 0 Å². The van der Waals surface area contributed by atoms with E-state index < -0.39 is 6.10 Å². The second-order valence-electron chi connectivity index (χ2n) is 3.25. The van der Waals surface area contributed by atoms with Gasteiger partial charge < -0.3 is 24.1 Å². The first-order chi connectivity index (χ1) is 5.86. The molecular formula is C7H10O5. The minimum absolute atomic E-state index is 0.225. The maximum atomic E-state index is 9.66. The Morgan fingerprint density at radius 2 is 1.92 bits per heavy atom. The zero-order valence-electron chi connectivity index (χ0n) is 6.38. The zero-order chi connectivity index (χ0) is 8.13. The van der Waals surface area contributed by atoms with Crippen molar-refractivity contribution in [3.63, 3.8) is 0 Å². The van der Waals surface area contributed by atoms with Crippen molar-refractivity contribution in [2.45, 2.75) is 30.7 Å². The first-order valence-corrected chi connectivity index (χ1v) is 4.04. The summed E-state index contributed by atoms with van der Waals surface area (Å²) in [4.78, 5) is 0. The average Bonchev–Trinajstić information content (AvgIpc) is 2.69. The Morgan fingerprint density at radius 1 is 1.08 bits per heavy atom. The molecule has 0 radical (unpaired) electrons. The smallest absolute Gasteiger partial charge is 0.187 e. The highest BCUT2D eigenvalue weighted by atomic mass is 16.8. The molecule has 68 valence electrons. The number of fused-ring (bicyclic) bond motifs is 4. The van der Waals surface area contributed by atoms with Crippen LogP contribution in [0, 0.1) is 0 Å². The van der Waals surface area contributed by atoms with Gasteiger partial charge in [-0.05, 0) is 0 Å². The highest BCUT2D eigenvalue weighted by Gasteiger charge is 2.53. The summed E-state index contributed by atoms with van der Waals surface area (Å²) in [6.45, 7) is 0.661. The molecule has 3 rings (SSSR count). The van der Waals surface area contributed by atoms with Crippen LogP contribution in [0.25, 0.3) is 0 Å². The number of hydrogen-bond donors (Lipinski definition) is 1. The number of ether oxygens (including phenoxy) is 4. The molecule has 0 aromatic carbocycles. The normalized spacial score (nSPS) is 57.2. The van der Waals surface area contributed by atoms with Gasteiger partial charge in [0.25, 0.3) is 0 Å². The number of rotatable bonds is 0. The largest absolute Gasteiger partial charge is 0.387 e. The molecule has 3 fully saturated rings. The van der Waals surface area contributed by atoms with Crippen molar-refractivity contribution in [2.24, 2.45) is 0 Å². The van der Waals surface area contributed by atoms with Crippen LogP contribution in [0.5, 0.6) is 0 Å². The Hall–Kier alpha value is -0.200. The Kier molecular flexibility index (Phi) is 1.44. The fourth-order valence-electron chi connectivity index (χ4n) is 1.92. The van der Waals surface area contributed by atoms with Gasteiger partial charge in [0.2, 0.25) is 0 Å². The predicted octanol–water partition coefficient (Wildman–Crippen LogP) is -1.16. The average molecular weight is 174 g/mol. The Labute approximate surface area is 69.2 Å². The first kappa shape index (κ1) is 7.23. The van der Waals surface area contributed by atoms with E-state index in [-0.39, 0.29) is 31.4 Å². The third kappa shape index (κ3) is 0.800. The molecule has 0 spiro atoms. The Bertz CT molecular complexity index is 192. The van der Waals surface area contributed by atoms with Gasteiger partial charge in [-0.3, -0.25) is 0 Å². The second-order valence-corrected chi connectivity index (χ2v) is 3.25. The highest BCUT2D eigenvalue weighted by molar-refractivity contribution is 4.96. The molecule has 12 heavy (non-hydrogen) atoms. The third-order valence-electron chi connectivity index (χ3n) is 2.56. The number of aliphatic hydroxyl groups is 1. The van der Waals surface area contributed by atoms with E-state index in [2.05, 4.69) is 0 Å². The molecule has 0 aromatic rings. The zero-order valence-corrected chi connectivity index (χ0v) is 6.38. The maximum absolute atomic E-state index is 9.66. The van der Waals surface area contributed by atoms with Gasteiger partial charge in [-0.2, -0.15) is 0 Å². The van der Waals surface area contributed by atoms with E-state index in [1.54, 1.807) is 0 Å². The van der Waals surface area contributed by atoms with Crippen molar-refractivity contribution in [1.82, 2.24) is 0 Å². The topological polar surface area (TPSA) is 57.2 Å². The number of hydrogen-bond acceptors (Lipinski definition) is 5. The van der Waals surface area contributed by atoms with Crippen LogP contribution < -0.4 is 0 Å². The molecule has 3 heterocycles. The summed E-state index contributed by atoms with van der Waals surface area (Å²) in [5.41, 5.74) is 0. The molecule has 3 aliphatic rings. The lowest BCUT2D eigenvalue weighted by Crippen LogP contribution is -2.52. The van der Waals surface area contributed by atoms with Crippen molar-refractivity contribution < 1.29 is 24.1 Å². The summed E-state index contributed by atoms with van der Waals surface area (Å²) in [6, 6.07) is 0. The fourth-order valence-corrected chi connectivity index (χ4v) is 1.92. The summed E-state index contributed by atoms with van der Waals surface area (Å²) in [5, 5.41) is 9.66. The van der Waals surface area contributed by atoms with Crippen LogP contribution in [0.4, 0.5) is 0 Å². The van der Waals surface area contributed by atoms with Gasteiger partial charge in [0, 0.05) is 0 Å². The molecule has 5 nitrogen and oxygen atoms in total. The van der Waals surface area contributed by atoms with Crippen LogP contribution in [-0.2, 0) is 18.9 Å². The molecule has 0 saturated carbocycles. The van der Waals surface area contributed by atoms with Crippen molar-refractivity contribution >= 4 is 0 Å². The van der Waals surface area contributed by atoms with Crippen LogP contribution in [0.1, 0.15) is 0 Å². The van der Waals surface area contributed by atoms with Crippen LogP contribution >= 0.6 is 0 Å². The fraction of sp³-hybridized carbons (Fsp3) is 1.00. The predicted molar refractivity (Wildman–Crippen MR) is 35.2 cm³/mol. The maximum Gasteiger partial charge on any atom is 0.187 e. The molecule has 0 unspecified atom stereocenters. The summed E-state index contributed by atoms with van der Waals surface area (Å²) in [7, 11) is 0. The summed E-state index contributed by atoms with van der Waals surface area (Å²) < 4.78 is 21.1. The molecule has 0 amide bonds. The van der Waals surface area contributed by atoms with Gasteiger partial charge in [0.15, 0.2) is 6.29 Å². The molecule has 3 saturated heterocycles. The van der Waals surface area contributed by atoms with Crippen molar-refractivity contribution in [3.8, 4) is 0 Å². The molecule has 2 bridgehead atoms. The molecule has 0 aliphatic carbocycles. The van der Waals surface area contributed by atoms with E-state index in [1.165, 1.54) is 0 Å². The van der Waals surface area contributed by atoms with Gasteiger partial charge >= 0.3 is 0 Å². The van der Waals surface area contributed by atoms with Gasteiger partial charge in [0.1, 0.15) is 31.2 Å². The van der Waals surface area contributed by atoms with Gasteiger partial charge in [-0.1, -0.05) is 0 Å². The molecule has 0 aromatic heterocycles. The highest BCUT2D eigenvalue weighted by Crippen LogP contribution is 2.34. The standard InChI is InChI=1S/C7H10O5/c8-4-3-1-9-7(12-3)6-5(4)10-2-11-6/h3-8H,1-2H2/t3-,4-,5+,6+,7-/m1/s1. The molecular weight excluding hydrogens is 164 g/mol. The van der Waals surface area contributed by atoms with E-state index in [0.717, 1.165) is 0 Å². The minimum Gasteiger partial charge on any atom is -0.387 e. The van der Waals surface area contributed by atoms with Crippen LogP contribution in [-0.4, -0.2) is 49.2 Å². The lowest BCUT2D eigenvalue weighted by atomic mass is 10.0. The summed E-state index contributed by atoms with van der Waals surface area (Å²) in [5.74, 6) is 0. The van der Waals surface area contributed by atoms with Crippen molar-refractivity contribution in [3.05, 3.63) is 0 Å². The van der Waals surface area contributed by atoms with E-state index in [1.807, 2.05) is 0 Å². The van der Waals surface area contributed by atoms with E-state index in [0.29, 0.717) is 6.61 Å². The first-order valence-electron chi connectivity index (χ1n) is 4.04. The van der Waals surface area contributed by atoms with E-state index in [9.17, 15) is 5.11 Å². The number of aliphatic hydroxyl groups excluding tert-OH is 1. The van der Waals surface area contributed by atoms with Gasteiger partial charge in [-0.15, -0.1) is 0 Å². The van der Waals surface area contributed by atoms with E-state index >= 15 is 0 Å². The SMILES string of the molecule is O[C@H]1[C@@H]2OCO[C@@H]2[C@@H]2OC[C@H]1O2. The minimum atomic E-state index is -0.615. The Morgan fingerprint density at radius 3 is 2.83 bits per heavy atom. The third-order valence-corrected chi connectivity index (χ3v) is 2.56. The van der Waals surface area contributed by atoms with Crippen LogP contribution in [0.15, 0.2) is 0 Å². The second kappa shape index (κ2) is 2.40. The van der Waals surface area contributed by atoms with Crippen LogP contribution in [0.3, 0.4) is 0 Å². The molecule has 1 N–H and O–H groups in total. The lowest BCUT2D eigenvalue weighted by Gasteiger charge is -2.31. The monoisotopic (exact) mass is 174 g/mol. The van der Waals surface area contributed by atoms with Gasteiger partial charge in [0.05, 0.1) is 6.61 Å². The van der Waals surface area contributed by atoms with Crippen molar-refractivity contribution in [2.75, 3.05) is 13.4 Å². The van der Waals surface area contributed by atoms with Crippen molar-refractivity contribution in [1.29, 1.82) is 0 Å². The molecule has 5 atom stereocenters. The molecule has 5 heteroatoms. The van der Waals surface area contributed by atoms with E-state index in [4.69, 9.17) is 18.9 Å². The lowest BCUT2D eigenvalue weighted by molar-refractivity contribution is -0.193.